The summed E-state index contributed by atoms with van der Waals surface area (Å²) in [5.41, 5.74) is 1.30. The van der Waals surface area contributed by atoms with Gasteiger partial charge >= 0.3 is 0 Å². The zero-order valence-corrected chi connectivity index (χ0v) is 13.7. The molecule has 19 heavy (non-hydrogen) atoms. The maximum absolute atomic E-state index is 5.87. The summed E-state index contributed by atoms with van der Waals surface area (Å²) in [6, 6.07) is 6.17. The topological polar surface area (TPSA) is 12.5 Å². The van der Waals surface area contributed by atoms with Crippen LogP contribution in [0.5, 0.6) is 5.75 Å². The molecule has 1 aromatic rings. The molecule has 2 rings (SSSR count). The first kappa shape index (κ1) is 15.1. The highest BCUT2D eigenvalue weighted by Crippen LogP contribution is 2.26. The Labute approximate surface area is 129 Å². The van der Waals surface area contributed by atoms with Gasteiger partial charge in [-0.15, -0.1) is 11.6 Å². The minimum Gasteiger partial charge on any atom is -0.497 e. The molecule has 1 aliphatic heterocycles. The number of nitrogens with zero attached hydrogens (tertiary/aromatic N) is 1. The quantitative estimate of drug-likeness (QED) is 0.737. The molecule has 0 bridgehead atoms. The molecule has 0 amide bonds. The van der Waals surface area contributed by atoms with Crippen molar-refractivity contribution in [1.82, 2.24) is 4.90 Å². The zero-order chi connectivity index (χ0) is 13.7. The Bertz CT molecular complexity index is 411. The maximum Gasteiger partial charge on any atom is 0.119 e. The van der Waals surface area contributed by atoms with Gasteiger partial charge in [0, 0.05) is 23.4 Å². The van der Waals surface area contributed by atoms with E-state index in [4.69, 9.17) is 16.3 Å². The van der Waals surface area contributed by atoms with Crippen LogP contribution in [0.1, 0.15) is 24.8 Å². The average Bonchev–Trinajstić information content (AvgIpc) is 2.42. The second-order valence-electron chi connectivity index (χ2n) is 5.18. The van der Waals surface area contributed by atoms with Gasteiger partial charge in [-0.25, -0.2) is 0 Å². The largest absolute Gasteiger partial charge is 0.497 e. The Balaban J connectivity index is 2.00. The second kappa shape index (κ2) is 7.51. The lowest BCUT2D eigenvalue weighted by molar-refractivity contribution is 0.165. The molecule has 0 spiro atoms. The predicted molar refractivity (Wildman–Crippen MR) is 84.0 cm³/mol. The van der Waals surface area contributed by atoms with Crippen LogP contribution < -0.4 is 4.74 Å². The fraction of sp³-hybridized carbons (Fsp3) is 0.600. The molecular weight excluding hydrogens is 326 g/mol. The van der Waals surface area contributed by atoms with Crippen molar-refractivity contribution in [3.8, 4) is 5.75 Å². The van der Waals surface area contributed by atoms with Crippen molar-refractivity contribution in [2.45, 2.75) is 25.8 Å². The number of benzene rings is 1. The third-order valence-electron chi connectivity index (χ3n) is 3.77. The first-order valence-corrected chi connectivity index (χ1v) is 8.16. The molecule has 0 aliphatic carbocycles. The summed E-state index contributed by atoms with van der Waals surface area (Å²) < 4.78 is 6.46. The number of methoxy groups -OCH3 is 1. The number of rotatable bonds is 5. The highest BCUT2D eigenvalue weighted by atomic mass is 79.9. The second-order valence-corrected chi connectivity index (χ2v) is 6.41. The number of hydrogen-bond acceptors (Lipinski definition) is 2. The number of likely N-dealkylation sites (tertiary alicyclic amines) is 1. The van der Waals surface area contributed by atoms with Crippen molar-refractivity contribution >= 4 is 27.5 Å². The maximum atomic E-state index is 5.87. The van der Waals surface area contributed by atoms with Crippen LogP contribution in [-0.2, 0) is 6.54 Å². The van der Waals surface area contributed by atoms with Crippen molar-refractivity contribution in [2.75, 3.05) is 26.1 Å². The SMILES string of the molecule is COc1ccc(Br)c(CN2CCCC(CCCl)C2)c1. The fourth-order valence-corrected chi connectivity index (χ4v) is 3.41. The summed E-state index contributed by atoms with van der Waals surface area (Å²) in [7, 11) is 1.71. The van der Waals surface area contributed by atoms with E-state index < -0.39 is 0 Å². The van der Waals surface area contributed by atoms with Crippen LogP contribution in [0.3, 0.4) is 0 Å². The van der Waals surface area contributed by atoms with E-state index >= 15 is 0 Å². The van der Waals surface area contributed by atoms with Crippen LogP contribution in [0, 0.1) is 5.92 Å². The normalized spacial score (nSPS) is 20.5. The van der Waals surface area contributed by atoms with Gasteiger partial charge in [0.1, 0.15) is 5.75 Å². The number of alkyl halides is 1. The van der Waals surface area contributed by atoms with Crippen LogP contribution >= 0.6 is 27.5 Å². The molecule has 2 nitrogen and oxygen atoms in total. The number of hydrogen-bond donors (Lipinski definition) is 0. The van der Waals surface area contributed by atoms with E-state index in [1.807, 2.05) is 6.07 Å². The van der Waals surface area contributed by atoms with E-state index in [9.17, 15) is 0 Å². The minimum atomic E-state index is 0.760. The van der Waals surface area contributed by atoms with Crippen LogP contribution in [-0.4, -0.2) is 31.0 Å². The van der Waals surface area contributed by atoms with E-state index in [-0.39, 0.29) is 0 Å². The molecule has 0 aromatic heterocycles. The van der Waals surface area contributed by atoms with E-state index in [0.29, 0.717) is 0 Å². The Hall–Kier alpha value is -0.250. The monoisotopic (exact) mass is 345 g/mol. The summed E-state index contributed by atoms with van der Waals surface area (Å²) in [6.07, 6.45) is 3.74. The van der Waals surface area contributed by atoms with E-state index in [2.05, 4.69) is 33.0 Å². The molecule has 1 fully saturated rings. The zero-order valence-electron chi connectivity index (χ0n) is 11.4. The number of piperidine rings is 1. The highest BCUT2D eigenvalue weighted by molar-refractivity contribution is 9.10. The van der Waals surface area contributed by atoms with Gasteiger partial charge in [-0.2, -0.15) is 0 Å². The van der Waals surface area contributed by atoms with Crippen LogP contribution in [0.2, 0.25) is 0 Å². The van der Waals surface area contributed by atoms with E-state index in [1.165, 1.54) is 24.9 Å². The standard InChI is InChI=1S/C15H21BrClNO/c1-19-14-4-5-15(16)13(9-14)11-18-8-2-3-12(10-18)6-7-17/h4-5,9,12H,2-3,6-8,10-11H2,1H3. The summed E-state index contributed by atoms with van der Waals surface area (Å²) >= 11 is 9.49. The van der Waals surface area contributed by atoms with Gasteiger partial charge in [-0.05, 0) is 55.5 Å². The van der Waals surface area contributed by atoms with Crippen molar-refractivity contribution in [2.24, 2.45) is 5.92 Å². The molecule has 0 saturated carbocycles. The van der Waals surface area contributed by atoms with Gasteiger partial charge in [-0.3, -0.25) is 4.90 Å². The smallest absolute Gasteiger partial charge is 0.119 e. The Morgan fingerprint density at radius 2 is 2.32 bits per heavy atom. The van der Waals surface area contributed by atoms with Gasteiger partial charge in [0.15, 0.2) is 0 Å². The molecule has 1 saturated heterocycles. The molecule has 1 heterocycles. The molecule has 1 aliphatic rings. The van der Waals surface area contributed by atoms with Crippen molar-refractivity contribution in [3.63, 3.8) is 0 Å². The third-order valence-corrected chi connectivity index (χ3v) is 4.76. The summed E-state index contributed by atoms with van der Waals surface area (Å²) in [6.45, 7) is 3.33. The van der Waals surface area contributed by atoms with Crippen molar-refractivity contribution < 1.29 is 4.74 Å². The first-order valence-electron chi connectivity index (χ1n) is 6.83. The Morgan fingerprint density at radius 3 is 3.05 bits per heavy atom. The summed E-state index contributed by atoms with van der Waals surface area (Å²) in [5, 5.41) is 0. The molecule has 106 valence electrons. The van der Waals surface area contributed by atoms with Crippen molar-refractivity contribution in [1.29, 1.82) is 0 Å². The Kier molecular flexibility index (Phi) is 5.99. The lowest BCUT2D eigenvalue weighted by Gasteiger charge is -2.32. The molecular formula is C15H21BrClNO. The van der Waals surface area contributed by atoms with Gasteiger partial charge in [0.2, 0.25) is 0 Å². The van der Waals surface area contributed by atoms with Crippen LogP contribution in [0.15, 0.2) is 22.7 Å². The number of ether oxygens (including phenoxy) is 1. The fourth-order valence-electron chi connectivity index (χ4n) is 2.72. The summed E-state index contributed by atoms with van der Waals surface area (Å²) in [5.74, 6) is 2.46. The van der Waals surface area contributed by atoms with Gasteiger partial charge in [0.05, 0.1) is 7.11 Å². The predicted octanol–water partition coefficient (Wildman–Crippen LogP) is 4.30. The average molecular weight is 347 g/mol. The Morgan fingerprint density at radius 1 is 1.47 bits per heavy atom. The third kappa shape index (κ3) is 4.37. The molecule has 0 N–H and O–H groups in total. The first-order chi connectivity index (χ1) is 9.22. The lowest BCUT2D eigenvalue weighted by Crippen LogP contribution is -2.35. The highest BCUT2D eigenvalue weighted by Gasteiger charge is 2.20. The van der Waals surface area contributed by atoms with Gasteiger partial charge in [0.25, 0.3) is 0 Å². The van der Waals surface area contributed by atoms with Crippen molar-refractivity contribution in [3.05, 3.63) is 28.2 Å². The minimum absolute atomic E-state index is 0.760. The molecule has 4 heteroatoms. The van der Waals surface area contributed by atoms with Gasteiger partial charge < -0.3 is 4.74 Å². The van der Waals surface area contributed by atoms with Crippen LogP contribution in [0.4, 0.5) is 0 Å². The summed E-state index contributed by atoms with van der Waals surface area (Å²) in [4.78, 5) is 2.53. The molecule has 0 radical (unpaired) electrons. The van der Waals surface area contributed by atoms with Crippen LogP contribution in [0.25, 0.3) is 0 Å². The number of halogens is 2. The molecule has 1 aromatic carbocycles. The van der Waals surface area contributed by atoms with E-state index in [0.717, 1.165) is 41.5 Å². The van der Waals surface area contributed by atoms with E-state index in [1.54, 1.807) is 7.11 Å². The molecule has 1 unspecified atom stereocenters. The molecule has 1 atom stereocenters. The van der Waals surface area contributed by atoms with Gasteiger partial charge in [-0.1, -0.05) is 15.9 Å². The lowest BCUT2D eigenvalue weighted by atomic mass is 9.95.